The van der Waals surface area contributed by atoms with Gasteiger partial charge in [-0.25, -0.2) is 9.97 Å². The lowest BCUT2D eigenvalue weighted by atomic mass is 10.1. The van der Waals surface area contributed by atoms with Crippen molar-refractivity contribution in [3.05, 3.63) is 46.0 Å². The maximum atomic E-state index is 6.28. The van der Waals surface area contributed by atoms with Gasteiger partial charge in [0.05, 0.1) is 12.4 Å². The molecule has 8 heteroatoms. The van der Waals surface area contributed by atoms with Crippen LogP contribution in [0.3, 0.4) is 0 Å². The lowest BCUT2D eigenvalue weighted by Crippen LogP contribution is -2.46. The van der Waals surface area contributed by atoms with Crippen molar-refractivity contribution in [2.24, 2.45) is 0 Å². The first-order valence-electron chi connectivity index (χ1n) is 10.7. The minimum absolute atomic E-state index is 0.451. The number of unbranched alkanes of at least 4 members (excludes halogenated alkanes) is 1. The van der Waals surface area contributed by atoms with Gasteiger partial charge in [-0.3, -0.25) is 0 Å². The molecule has 2 aliphatic rings. The summed E-state index contributed by atoms with van der Waals surface area (Å²) in [6, 6.07) is 4.91. The summed E-state index contributed by atoms with van der Waals surface area (Å²) in [6.45, 7) is 3.49. The van der Waals surface area contributed by atoms with E-state index in [-0.39, 0.29) is 0 Å². The van der Waals surface area contributed by atoms with Gasteiger partial charge >= 0.3 is 0 Å². The molecule has 0 amide bonds. The maximum absolute atomic E-state index is 6.28. The summed E-state index contributed by atoms with van der Waals surface area (Å²) in [5.41, 5.74) is 2.04. The Morgan fingerprint density at radius 1 is 0.800 bits per heavy atom. The summed E-state index contributed by atoms with van der Waals surface area (Å²) in [5.74, 6) is 1.56. The number of ether oxygens (including phenoxy) is 2. The average Bonchev–Trinajstić information content (AvgIpc) is 2.67. The second-order valence-electron chi connectivity index (χ2n) is 7.95. The van der Waals surface area contributed by atoms with E-state index in [4.69, 9.17) is 32.7 Å². The summed E-state index contributed by atoms with van der Waals surface area (Å²) in [4.78, 5) is 8.55. The molecule has 30 heavy (non-hydrogen) atoms. The third-order valence-corrected chi connectivity index (χ3v) is 6.35. The highest BCUT2D eigenvalue weighted by Gasteiger charge is 2.18. The molecule has 2 N–H and O–H groups in total. The number of aryl methyl sites for hydroxylation is 2. The number of hydrogen-bond donors (Lipinski definition) is 2. The Morgan fingerprint density at radius 2 is 1.23 bits per heavy atom. The van der Waals surface area contributed by atoms with E-state index < -0.39 is 0 Å². The molecule has 4 rings (SSSR count). The van der Waals surface area contributed by atoms with Crippen LogP contribution < -0.4 is 20.1 Å². The molecule has 2 fully saturated rings. The van der Waals surface area contributed by atoms with E-state index in [2.05, 4.69) is 20.6 Å². The number of hydrogen-bond acceptors (Lipinski definition) is 6. The predicted molar refractivity (Wildman–Crippen MR) is 119 cm³/mol. The van der Waals surface area contributed by atoms with Crippen LogP contribution in [-0.2, 0) is 12.8 Å². The van der Waals surface area contributed by atoms with Crippen LogP contribution in [0.1, 0.15) is 36.8 Å². The SMILES string of the molecule is Clc1ncc(OCC2CCN2)cc1CCCCc1cc(OCC2CCN2)cnc1Cl. The molecule has 4 heterocycles. The van der Waals surface area contributed by atoms with Crippen molar-refractivity contribution >= 4 is 23.2 Å². The average molecular weight is 451 g/mol. The topological polar surface area (TPSA) is 68.3 Å². The fourth-order valence-electron chi connectivity index (χ4n) is 3.46. The minimum atomic E-state index is 0.451. The molecule has 0 spiro atoms. The quantitative estimate of drug-likeness (QED) is 0.400. The van der Waals surface area contributed by atoms with E-state index >= 15 is 0 Å². The summed E-state index contributed by atoms with van der Waals surface area (Å²) < 4.78 is 11.7. The van der Waals surface area contributed by atoms with Gasteiger partial charge < -0.3 is 20.1 Å². The molecule has 2 atom stereocenters. The summed E-state index contributed by atoms with van der Waals surface area (Å²) >= 11 is 12.6. The van der Waals surface area contributed by atoms with Crippen LogP contribution in [-0.4, -0.2) is 48.4 Å². The third kappa shape index (κ3) is 5.97. The van der Waals surface area contributed by atoms with E-state index in [1.165, 1.54) is 0 Å². The van der Waals surface area contributed by atoms with Crippen LogP contribution in [0.25, 0.3) is 0 Å². The maximum Gasteiger partial charge on any atom is 0.138 e. The number of aromatic nitrogens is 2. The van der Waals surface area contributed by atoms with Crippen molar-refractivity contribution in [2.45, 2.75) is 50.6 Å². The highest BCUT2D eigenvalue weighted by Crippen LogP contribution is 2.24. The molecule has 162 valence electrons. The zero-order valence-corrected chi connectivity index (χ0v) is 18.5. The van der Waals surface area contributed by atoms with Crippen molar-refractivity contribution in [3.63, 3.8) is 0 Å². The number of rotatable bonds is 11. The third-order valence-electron chi connectivity index (χ3n) is 5.67. The second-order valence-corrected chi connectivity index (χ2v) is 8.67. The van der Waals surface area contributed by atoms with Gasteiger partial charge in [-0.2, -0.15) is 0 Å². The standard InChI is InChI=1S/C22H28Cl2N4O2/c23-21-15(9-19(11-27-21)29-13-17-5-7-25-17)3-1-2-4-16-10-20(12-28-22(16)24)30-14-18-6-8-26-18/h9-12,17-18,25-26H,1-8,13-14H2. The van der Waals surface area contributed by atoms with Crippen molar-refractivity contribution in [1.29, 1.82) is 0 Å². The first-order chi connectivity index (χ1) is 14.7. The Balaban J connectivity index is 1.24. The van der Waals surface area contributed by atoms with Gasteiger partial charge in [0.15, 0.2) is 0 Å². The Morgan fingerprint density at radius 3 is 1.60 bits per heavy atom. The van der Waals surface area contributed by atoms with E-state index in [9.17, 15) is 0 Å². The van der Waals surface area contributed by atoms with Crippen LogP contribution in [0.4, 0.5) is 0 Å². The lowest BCUT2D eigenvalue weighted by molar-refractivity contribution is 0.216. The van der Waals surface area contributed by atoms with Crippen LogP contribution in [0.15, 0.2) is 24.5 Å². The molecule has 6 nitrogen and oxygen atoms in total. The fourth-order valence-corrected chi connectivity index (χ4v) is 3.85. The summed E-state index contributed by atoms with van der Waals surface area (Å²) in [5, 5.41) is 7.75. The Labute approximate surface area is 187 Å². The Hall–Kier alpha value is -1.60. The Kier molecular flexibility index (Phi) is 7.66. The second kappa shape index (κ2) is 10.6. The summed E-state index contributed by atoms with van der Waals surface area (Å²) in [6.07, 6.45) is 9.36. The van der Waals surface area contributed by atoms with Crippen LogP contribution >= 0.6 is 23.2 Å². The van der Waals surface area contributed by atoms with Crippen LogP contribution in [0, 0.1) is 0 Å². The lowest BCUT2D eigenvalue weighted by Gasteiger charge is -2.27. The van der Waals surface area contributed by atoms with E-state index in [1.54, 1.807) is 12.4 Å². The van der Waals surface area contributed by atoms with Gasteiger partial charge in [0.25, 0.3) is 0 Å². The van der Waals surface area contributed by atoms with Gasteiger partial charge in [-0.05, 0) is 74.9 Å². The number of nitrogens with one attached hydrogen (secondary N) is 2. The highest BCUT2D eigenvalue weighted by atomic mass is 35.5. The largest absolute Gasteiger partial charge is 0.490 e. The molecule has 0 aliphatic carbocycles. The van der Waals surface area contributed by atoms with Crippen LogP contribution in [0.2, 0.25) is 10.3 Å². The Bertz CT molecular complexity index is 774. The van der Waals surface area contributed by atoms with E-state index in [1.807, 2.05) is 12.1 Å². The van der Waals surface area contributed by atoms with Crippen molar-refractivity contribution in [2.75, 3.05) is 26.3 Å². The van der Waals surface area contributed by atoms with Crippen molar-refractivity contribution in [3.8, 4) is 11.5 Å². The minimum Gasteiger partial charge on any atom is -0.490 e. The van der Waals surface area contributed by atoms with E-state index in [0.717, 1.165) is 74.2 Å². The summed E-state index contributed by atoms with van der Waals surface area (Å²) in [7, 11) is 0. The van der Waals surface area contributed by atoms with Gasteiger partial charge in [0, 0.05) is 12.1 Å². The zero-order chi connectivity index (χ0) is 20.8. The molecular weight excluding hydrogens is 423 g/mol. The molecule has 2 aromatic rings. The molecule has 0 saturated carbocycles. The number of pyridine rings is 2. The highest BCUT2D eigenvalue weighted by molar-refractivity contribution is 6.30. The molecule has 0 radical (unpaired) electrons. The fraction of sp³-hybridized carbons (Fsp3) is 0.545. The molecule has 0 aromatic carbocycles. The molecule has 2 saturated heterocycles. The van der Waals surface area contributed by atoms with Gasteiger partial charge in [0.1, 0.15) is 35.0 Å². The zero-order valence-electron chi connectivity index (χ0n) is 17.0. The number of halogens is 2. The van der Waals surface area contributed by atoms with Crippen LogP contribution in [0.5, 0.6) is 11.5 Å². The first-order valence-corrected chi connectivity index (χ1v) is 11.4. The van der Waals surface area contributed by atoms with Gasteiger partial charge in [0.2, 0.25) is 0 Å². The van der Waals surface area contributed by atoms with Crippen molar-refractivity contribution in [1.82, 2.24) is 20.6 Å². The van der Waals surface area contributed by atoms with E-state index in [0.29, 0.717) is 35.6 Å². The number of nitrogens with zero attached hydrogens (tertiary/aromatic N) is 2. The van der Waals surface area contributed by atoms with Gasteiger partial charge in [-0.15, -0.1) is 0 Å². The van der Waals surface area contributed by atoms with Gasteiger partial charge in [-0.1, -0.05) is 23.2 Å². The first kappa shape index (κ1) is 21.6. The molecule has 2 aliphatic heterocycles. The normalized spacial score (nSPS) is 20.3. The molecule has 2 aromatic heterocycles. The molecule has 2 unspecified atom stereocenters. The predicted octanol–water partition coefficient (Wildman–Crippen LogP) is 3.83. The monoisotopic (exact) mass is 450 g/mol. The molecular formula is C22H28Cl2N4O2. The molecule has 0 bridgehead atoms. The smallest absolute Gasteiger partial charge is 0.138 e. The van der Waals surface area contributed by atoms with Crippen molar-refractivity contribution < 1.29 is 9.47 Å².